The maximum absolute atomic E-state index is 12.7. The number of carbonyl (C=O) groups is 1. The van der Waals surface area contributed by atoms with Gasteiger partial charge in [-0.3, -0.25) is 4.79 Å². The zero-order valence-corrected chi connectivity index (χ0v) is 15.8. The Kier molecular flexibility index (Phi) is 6.27. The second-order valence-electron chi connectivity index (χ2n) is 6.07. The van der Waals surface area contributed by atoms with Crippen LogP contribution in [-0.2, 0) is 4.79 Å². The summed E-state index contributed by atoms with van der Waals surface area (Å²) in [4.78, 5) is 14.6. The molecule has 0 radical (unpaired) electrons. The molecular formula is C20H22ClNO2S. The fourth-order valence-electron chi connectivity index (χ4n) is 2.99. The highest BCUT2D eigenvalue weighted by molar-refractivity contribution is 7.99. The van der Waals surface area contributed by atoms with Crippen LogP contribution in [0.25, 0.3) is 0 Å². The number of amides is 1. The van der Waals surface area contributed by atoms with Gasteiger partial charge in [-0.05, 0) is 37.1 Å². The van der Waals surface area contributed by atoms with Crippen molar-refractivity contribution in [2.24, 2.45) is 0 Å². The van der Waals surface area contributed by atoms with E-state index in [0.717, 1.165) is 41.6 Å². The second-order valence-corrected chi connectivity index (χ2v) is 7.79. The molecule has 0 bridgehead atoms. The molecule has 3 nitrogen and oxygen atoms in total. The van der Waals surface area contributed by atoms with Gasteiger partial charge >= 0.3 is 0 Å². The summed E-state index contributed by atoms with van der Waals surface area (Å²) in [6, 6.07) is 17.5. The largest absolute Gasteiger partial charge is 0.481 e. The lowest BCUT2D eigenvalue weighted by atomic mass is 10.1. The molecule has 0 aliphatic carbocycles. The summed E-state index contributed by atoms with van der Waals surface area (Å²) >= 11 is 8.21. The SMILES string of the molecule is CC(Oc1ccccc1)C(=O)N1CCSC(c2ccccc2Cl)CC1. The molecular weight excluding hydrogens is 354 g/mol. The summed E-state index contributed by atoms with van der Waals surface area (Å²) in [6.07, 6.45) is 0.419. The molecule has 3 rings (SSSR count). The number of ether oxygens (including phenoxy) is 1. The first-order valence-corrected chi connectivity index (χ1v) is 9.94. The first-order valence-electron chi connectivity index (χ1n) is 8.51. The Morgan fingerprint density at radius 2 is 1.88 bits per heavy atom. The van der Waals surface area contributed by atoms with Gasteiger partial charge in [0.05, 0.1) is 0 Å². The number of carbonyl (C=O) groups excluding carboxylic acids is 1. The number of benzene rings is 2. The summed E-state index contributed by atoms with van der Waals surface area (Å²) in [5.41, 5.74) is 1.16. The first kappa shape index (κ1) is 18.2. The molecule has 1 aliphatic rings. The van der Waals surface area contributed by atoms with Crippen molar-refractivity contribution in [2.45, 2.75) is 24.7 Å². The first-order chi connectivity index (χ1) is 12.1. The van der Waals surface area contributed by atoms with Crippen LogP contribution in [0.2, 0.25) is 5.02 Å². The average molecular weight is 376 g/mol. The van der Waals surface area contributed by atoms with E-state index in [1.54, 1.807) is 0 Å². The number of halogens is 1. The molecule has 1 fully saturated rings. The van der Waals surface area contributed by atoms with Crippen molar-refractivity contribution in [3.8, 4) is 5.75 Å². The zero-order valence-electron chi connectivity index (χ0n) is 14.2. The molecule has 0 N–H and O–H groups in total. The zero-order chi connectivity index (χ0) is 17.6. The molecule has 2 atom stereocenters. The standard InChI is InChI=1S/C20H22ClNO2S/c1-15(24-16-7-3-2-4-8-16)20(23)22-12-11-19(25-14-13-22)17-9-5-6-10-18(17)21/h2-10,15,19H,11-14H2,1H3. The molecule has 0 spiro atoms. The molecule has 1 aliphatic heterocycles. The predicted molar refractivity (Wildman–Crippen MR) is 104 cm³/mol. The summed E-state index contributed by atoms with van der Waals surface area (Å²) in [6.45, 7) is 3.29. The van der Waals surface area contributed by atoms with Gasteiger partial charge < -0.3 is 9.64 Å². The highest BCUT2D eigenvalue weighted by Crippen LogP contribution is 2.37. The summed E-state index contributed by atoms with van der Waals surface area (Å²) in [7, 11) is 0. The van der Waals surface area contributed by atoms with Gasteiger partial charge in [-0.25, -0.2) is 0 Å². The van der Waals surface area contributed by atoms with E-state index in [1.807, 2.05) is 72.1 Å². The number of nitrogens with zero attached hydrogens (tertiary/aromatic N) is 1. The molecule has 25 heavy (non-hydrogen) atoms. The summed E-state index contributed by atoms with van der Waals surface area (Å²) in [5, 5.41) is 1.14. The van der Waals surface area contributed by atoms with Crippen molar-refractivity contribution in [1.82, 2.24) is 4.90 Å². The van der Waals surface area contributed by atoms with Crippen LogP contribution in [0.1, 0.15) is 24.2 Å². The molecule has 0 saturated carbocycles. The van der Waals surface area contributed by atoms with Crippen LogP contribution in [0.5, 0.6) is 5.75 Å². The fourth-order valence-corrected chi connectivity index (χ4v) is 4.59. The van der Waals surface area contributed by atoms with Gasteiger partial charge in [0.15, 0.2) is 6.10 Å². The van der Waals surface area contributed by atoms with Crippen LogP contribution < -0.4 is 4.74 Å². The number of rotatable bonds is 4. The normalized spacial score (nSPS) is 19.1. The fraction of sp³-hybridized carbons (Fsp3) is 0.350. The lowest BCUT2D eigenvalue weighted by molar-refractivity contribution is -0.137. The summed E-state index contributed by atoms with van der Waals surface area (Å²) < 4.78 is 5.78. The average Bonchev–Trinajstić information content (AvgIpc) is 2.88. The van der Waals surface area contributed by atoms with Crippen LogP contribution in [-0.4, -0.2) is 35.8 Å². The van der Waals surface area contributed by atoms with E-state index in [-0.39, 0.29) is 5.91 Å². The molecule has 5 heteroatoms. The number of thioether (sulfide) groups is 1. The minimum Gasteiger partial charge on any atom is -0.481 e. The van der Waals surface area contributed by atoms with E-state index in [0.29, 0.717) is 5.25 Å². The molecule has 1 amide bonds. The van der Waals surface area contributed by atoms with E-state index < -0.39 is 6.10 Å². The van der Waals surface area contributed by atoms with E-state index in [4.69, 9.17) is 16.3 Å². The van der Waals surface area contributed by atoms with Gasteiger partial charge in [0.1, 0.15) is 5.75 Å². The van der Waals surface area contributed by atoms with Gasteiger partial charge in [0, 0.05) is 29.1 Å². The van der Waals surface area contributed by atoms with Crippen LogP contribution >= 0.6 is 23.4 Å². The lowest BCUT2D eigenvalue weighted by Gasteiger charge is -2.24. The van der Waals surface area contributed by atoms with Crippen molar-refractivity contribution in [3.63, 3.8) is 0 Å². The van der Waals surface area contributed by atoms with Crippen molar-refractivity contribution in [3.05, 3.63) is 65.2 Å². The van der Waals surface area contributed by atoms with Crippen LogP contribution in [0, 0.1) is 0 Å². The van der Waals surface area contributed by atoms with Crippen molar-refractivity contribution >= 4 is 29.3 Å². The van der Waals surface area contributed by atoms with Crippen molar-refractivity contribution in [1.29, 1.82) is 0 Å². The number of hydrogen-bond donors (Lipinski definition) is 0. The van der Waals surface area contributed by atoms with Crippen LogP contribution in [0.15, 0.2) is 54.6 Å². The monoisotopic (exact) mass is 375 g/mol. The summed E-state index contributed by atoms with van der Waals surface area (Å²) in [5.74, 6) is 1.67. The van der Waals surface area contributed by atoms with Crippen LogP contribution in [0.3, 0.4) is 0 Å². The third-order valence-corrected chi connectivity index (χ3v) is 5.96. The van der Waals surface area contributed by atoms with Gasteiger partial charge in [-0.1, -0.05) is 48.0 Å². The molecule has 2 aromatic rings. The predicted octanol–water partition coefficient (Wildman–Crippen LogP) is 4.81. The highest BCUT2D eigenvalue weighted by atomic mass is 35.5. The molecule has 1 heterocycles. The smallest absolute Gasteiger partial charge is 0.263 e. The van der Waals surface area contributed by atoms with Gasteiger partial charge in [0.25, 0.3) is 5.91 Å². The maximum Gasteiger partial charge on any atom is 0.263 e. The lowest BCUT2D eigenvalue weighted by Crippen LogP contribution is -2.41. The quantitative estimate of drug-likeness (QED) is 0.767. The van der Waals surface area contributed by atoms with Gasteiger partial charge in [-0.2, -0.15) is 11.8 Å². The second kappa shape index (κ2) is 8.63. The third kappa shape index (κ3) is 4.71. The molecule has 132 valence electrons. The van der Waals surface area contributed by atoms with E-state index in [1.165, 1.54) is 0 Å². The Hall–Kier alpha value is -1.65. The van der Waals surface area contributed by atoms with E-state index >= 15 is 0 Å². The number of hydrogen-bond acceptors (Lipinski definition) is 3. The van der Waals surface area contributed by atoms with E-state index in [2.05, 4.69) is 6.07 Å². The third-order valence-electron chi connectivity index (χ3n) is 4.31. The Bertz CT molecular complexity index is 710. The minimum absolute atomic E-state index is 0.0456. The van der Waals surface area contributed by atoms with Crippen LogP contribution in [0.4, 0.5) is 0 Å². The maximum atomic E-state index is 12.7. The van der Waals surface area contributed by atoms with E-state index in [9.17, 15) is 4.79 Å². The van der Waals surface area contributed by atoms with Gasteiger partial charge in [0.2, 0.25) is 0 Å². The molecule has 2 unspecified atom stereocenters. The van der Waals surface area contributed by atoms with Crippen molar-refractivity contribution in [2.75, 3.05) is 18.8 Å². The number of para-hydroxylation sites is 1. The Morgan fingerprint density at radius 1 is 1.16 bits per heavy atom. The Balaban J connectivity index is 1.60. The Labute approximate surface area is 158 Å². The topological polar surface area (TPSA) is 29.5 Å². The van der Waals surface area contributed by atoms with Crippen molar-refractivity contribution < 1.29 is 9.53 Å². The molecule has 0 aromatic heterocycles. The Morgan fingerprint density at radius 3 is 2.64 bits per heavy atom. The highest BCUT2D eigenvalue weighted by Gasteiger charge is 2.26. The molecule has 1 saturated heterocycles. The molecule has 2 aromatic carbocycles. The minimum atomic E-state index is -0.482. The van der Waals surface area contributed by atoms with Gasteiger partial charge in [-0.15, -0.1) is 0 Å².